The third-order valence-corrected chi connectivity index (χ3v) is 6.95. The van der Waals surface area contributed by atoms with Gasteiger partial charge in [0.05, 0.1) is 11.4 Å². The molecule has 170 valence electrons. The van der Waals surface area contributed by atoms with Crippen LogP contribution >= 0.6 is 11.3 Å². The number of aryl methyl sites for hydroxylation is 1. The van der Waals surface area contributed by atoms with Gasteiger partial charge in [0, 0.05) is 40.3 Å². The molecule has 0 unspecified atom stereocenters. The van der Waals surface area contributed by atoms with Gasteiger partial charge in [0.25, 0.3) is 11.5 Å². The van der Waals surface area contributed by atoms with Crippen molar-refractivity contribution < 1.29 is 4.79 Å². The summed E-state index contributed by atoms with van der Waals surface area (Å²) in [6, 6.07) is 13.6. The smallest absolute Gasteiger partial charge is 0.332 e. The van der Waals surface area contributed by atoms with Crippen LogP contribution in [0, 0.1) is 0 Å². The number of imidazole rings is 1. The lowest BCUT2D eigenvalue weighted by Gasteiger charge is -2.35. The number of rotatable bonds is 4. The van der Waals surface area contributed by atoms with Crippen LogP contribution in [0.5, 0.6) is 0 Å². The van der Waals surface area contributed by atoms with Crippen LogP contribution in [-0.2, 0) is 20.6 Å². The number of carbonyl (C=O) groups is 1. The average molecular weight is 465 g/mol. The van der Waals surface area contributed by atoms with Crippen molar-refractivity contribution in [2.75, 3.05) is 31.1 Å². The first-order valence-corrected chi connectivity index (χ1v) is 11.6. The fraction of sp³-hybridized carbons (Fsp3) is 0.304. The van der Waals surface area contributed by atoms with E-state index in [1.54, 1.807) is 7.05 Å². The van der Waals surface area contributed by atoms with Gasteiger partial charge in [-0.2, -0.15) is 4.98 Å². The molecule has 0 radical (unpaired) electrons. The molecule has 1 fully saturated rings. The number of nitrogens with zero attached hydrogens (tertiary/aromatic N) is 6. The minimum atomic E-state index is -0.408. The number of benzene rings is 1. The molecule has 4 aromatic rings. The van der Waals surface area contributed by atoms with E-state index in [0.29, 0.717) is 49.8 Å². The van der Waals surface area contributed by atoms with Gasteiger partial charge in [0.15, 0.2) is 11.2 Å². The van der Waals surface area contributed by atoms with Crippen molar-refractivity contribution in [3.05, 3.63) is 79.1 Å². The zero-order chi connectivity index (χ0) is 23.1. The van der Waals surface area contributed by atoms with E-state index < -0.39 is 5.69 Å². The maximum Gasteiger partial charge on any atom is 0.332 e. The summed E-state index contributed by atoms with van der Waals surface area (Å²) >= 11 is 1.44. The second-order valence-corrected chi connectivity index (χ2v) is 9.07. The molecule has 9 nitrogen and oxygen atoms in total. The van der Waals surface area contributed by atoms with Gasteiger partial charge < -0.3 is 9.80 Å². The van der Waals surface area contributed by atoms with E-state index >= 15 is 0 Å². The lowest BCUT2D eigenvalue weighted by atomic mass is 10.2. The molecule has 0 bridgehead atoms. The molecular weight excluding hydrogens is 440 g/mol. The Morgan fingerprint density at radius 3 is 2.36 bits per heavy atom. The van der Waals surface area contributed by atoms with E-state index in [9.17, 15) is 14.4 Å². The van der Waals surface area contributed by atoms with Crippen LogP contribution in [0.15, 0.2) is 57.4 Å². The van der Waals surface area contributed by atoms with E-state index in [1.165, 1.54) is 23.0 Å². The van der Waals surface area contributed by atoms with E-state index in [4.69, 9.17) is 4.98 Å². The lowest BCUT2D eigenvalue weighted by Crippen LogP contribution is -2.49. The maximum atomic E-state index is 13.1. The Hall–Kier alpha value is -3.66. The number of amides is 1. The third kappa shape index (κ3) is 3.66. The molecule has 0 spiro atoms. The number of carbonyl (C=O) groups excluding carboxylic acids is 1. The minimum Gasteiger partial charge on any atom is -0.339 e. The Morgan fingerprint density at radius 2 is 1.70 bits per heavy atom. The first kappa shape index (κ1) is 21.2. The zero-order valence-corrected chi connectivity index (χ0v) is 19.3. The summed E-state index contributed by atoms with van der Waals surface area (Å²) < 4.78 is 4.43. The number of hydrogen-bond donors (Lipinski definition) is 0. The summed E-state index contributed by atoms with van der Waals surface area (Å²) in [5.74, 6) is 0.675. The van der Waals surface area contributed by atoms with Crippen LogP contribution in [-0.4, -0.2) is 55.7 Å². The first-order valence-electron chi connectivity index (χ1n) is 10.7. The summed E-state index contributed by atoms with van der Waals surface area (Å²) in [4.78, 5) is 47.8. The van der Waals surface area contributed by atoms with Crippen LogP contribution in [0.4, 0.5) is 5.95 Å². The van der Waals surface area contributed by atoms with Crippen LogP contribution in [0.1, 0.15) is 15.2 Å². The molecule has 1 aromatic carbocycles. The number of hydrogen-bond acceptors (Lipinski definition) is 6. The van der Waals surface area contributed by atoms with Gasteiger partial charge in [-0.3, -0.25) is 23.3 Å². The average Bonchev–Trinajstić information content (AvgIpc) is 3.51. The standard InChI is InChI=1S/C23H24N6O3S/c1-25-19-18(21(31)26(2)23(25)32)29(15-16-7-4-3-5-8-16)22(24-19)28-12-10-27(11-13-28)20(30)17-9-6-14-33-17/h3-9,14H,10-13,15H2,1-2H3. The molecule has 1 saturated heterocycles. The van der Waals surface area contributed by atoms with Crippen molar-refractivity contribution >= 4 is 34.4 Å². The summed E-state index contributed by atoms with van der Waals surface area (Å²) in [5.41, 5.74) is 1.02. The fourth-order valence-corrected chi connectivity index (χ4v) is 4.95. The number of piperazine rings is 1. The van der Waals surface area contributed by atoms with Crippen molar-refractivity contribution in [1.82, 2.24) is 23.6 Å². The molecule has 4 heterocycles. The summed E-state index contributed by atoms with van der Waals surface area (Å²) in [5, 5.41) is 1.90. The van der Waals surface area contributed by atoms with Crippen LogP contribution in [0.25, 0.3) is 11.2 Å². The Balaban J connectivity index is 1.54. The first-order chi connectivity index (χ1) is 16.0. The van der Waals surface area contributed by atoms with Crippen molar-refractivity contribution in [1.29, 1.82) is 0 Å². The van der Waals surface area contributed by atoms with Gasteiger partial charge in [0.2, 0.25) is 5.95 Å². The SMILES string of the molecule is Cn1c(=O)c2c(nc(N3CCN(C(=O)c4cccs4)CC3)n2Cc2ccccc2)n(C)c1=O. The van der Waals surface area contributed by atoms with Crippen LogP contribution in [0.3, 0.4) is 0 Å². The fourth-order valence-electron chi connectivity index (χ4n) is 4.26. The zero-order valence-electron chi connectivity index (χ0n) is 18.5. The second kappa shape index (κ2) is 8.36. The van der Waals surface area contributed by atoms with Gasteiger partial charge >= 0.3 is 5.69 Å². The van der Waals surface area contributed by atoms with Gasteiger partial charge in [-0.05, 0) is 17.0 Å². The predicted molar refractivity (Wildman–Crippen MR) is 128 cm³/mol. The summed E-state index contributed by atoms with van der Waals surface area (Å²) in [7, 11) is 3.12. The van der Waals surface area contributed by atoms with Crippen molar-refractivity contribution in [2.45, 2.75) is 6.54 Å². The Labute approximate surface area is 193 Å². The molecule has 0 N–H and O–H groups in total. The Bertz CT molecular complexity index is 1430. The highest BCUT2D eigenvalue weighted by Crippen LogP contribution is 2.23. The van der Waals surface area contributed by atoms with Crippen molar-refractivity contribution in [3.63, 3.8) is 0 Å². The largest absolute Gasteiger partial charge is 0.339 e. The van der Waals surface area contributed by atoms with Gasteiger partial charge in [0.1, 0.15) is 0 Å². The minimum absolute atomic E-state index is 0.0405. The molecule has 0 atom stereocenters. The van der Waals surface area contributed by atoms with E-state index in [0.717, 1.165) is 15.0 Å². The predicted octanol–water partition coefficient (Wildman–Crippen LogP) is 1.51. The number of thiophene rings is 1. The highest BCUT2D eigenvalue weighted by Gasteiger charge is 2.28. The molecule has 1 aliphatic heterocycles. The number of fused-ring (bicyclic) bond motifs is 1. The van der Waals surface area contributed by atoms with E-state index in [2.05, 4.69) is 4.90 Å². The topological polar surface area (TPSA) is 85.4 Å². The highest BCUT2D eigenvalue weighted by molar-refractivity contribution is 7.12. The quantitative estimate of drug-likeness (QED) is 0.457. The van der Waals surface area contributed by atoms with Gasteiger partial charge in [-0.1, -0.05) is 36.4 Å². The molecule has 1 amide bonds. The van der Waals surface area contributed by atoms with Gasteiger partial charge in [-0.15, -0.1) is 11.3 Å². The van der Waals surface area contributed by atoms with Crippen molar-refractivity contribution in [3.8, 4) is 0 Å². The second-order valence-electron chi connectivity index (χ2n) is 8.12. The highest BCUT2D eigenvalue weighted by atomic mass is 32.1. The monoisotopic (exact) mass is 464 g/mol. The molecule has 3 aromatic heterocycles. The van der Waals surface area contributed by atoms with E-state index in [-0.39, 0.29) is 11.5 Å². The number of aromatic nitrogens is 4. The Morgan fingerprint density at radius 1 is 0.970 bits per heavy atom. The Kier molecular flexibility index (Phi) is 5.37. The summed E-state index contributed by atoms with van der Waals surface area (Å²) in [6.07, 6.45) is 0. The molecule has 5 rings (SSSR count). The molecule has 10 heteroatoms. The third-order valence-electron chi connectivity index (χ3n) is 6.09. The van der Waals surface area contributed by atoms with Crippen LogP contribution < -0.4 is 16.1 Å². The molecule has 33 heavy (non-hydrogen) atoms. The summed E-state index contributed by atoms with van der Waals surface area (Å²) in [6.45, 7) is 2.74. The maximum absolute atomic E-state index is 13.1. The molecule has 0 aliphatic carbocycles. The lowest BCUT2D eigenvalue weighted by molar-refractivity contribution is 0.0751. The van der Waals surface area contributed by atoms with Gasteiger partial charge in [-0.25, -0.2) is 4.79 Å². The number of anilines is 1. The normalized spacial score (nSPS) is 14.2. The van der Waals surface area contributed by atoms with Crippen molar-refractivity contribution in [2.24, 2.45) is 14.1 Å². The molecular formula is C23H24N6O3S. The van der Waals surface area contributed by atoms with E-state index in [1.807, 2.05) is 57.3 Å². The molecule has 1 aliphatic rings. The van der Waals surface area contributed by atoms with Crippen LogP contribution in [0.2, 0.25) is 0 Å². The molecule has 0 saturated carbocycles.